The summed E-state index contributed by atoms with van der Waals surface area (Å²) in [6.07, 6.45) is 0.782. The number of carboxylic acid groups (broad SMARTS) is 1. The van der Waals surface area contributed by atoms with Gasteiger partial charge in [0.1, 0.15) is 0 Å². The van der Waals surface area contributed by atoms with Crippen LogP contribution in [0.25, 0.3) is 0 Å². The predicted octanol–water partition coefficient (Wildman–Crippen LogP) is -0.745. The Morgan fingerprint density at radius 2 is 1.75 bits per heavy atom. The molecule has 72 valence electrons. The third-order valence-electron chi connectivity index (χ3n) is 1.29. The Morgan fingerprint density at radius 1 is 1.42 bits per heavy atom. The number of hydrogen-bond acceptors (Lipinski definition) is 4. The van der Waals surface area contributed by atoms with Gasteiger partial charge in [0.05, 0.1) is 5.60 Å². The highest BCUT2D eigenvalue weighted by Crippen LogP contribution is 2.16. The van der Waals surface area contributed by atoms with Gasteiger partial charge in [0.15, 0.2) is 15.1 Å². The zero-order chi connectivity index (χ0) is 10.2. The molecule has 0 bridgehead atoms. The van der Waals surface area contributed by atoms with Crippen molar-refractivity contribution in [1.29, 1.82) is 0 Å². The van der Waals surface area contributed by atoms with Crippen molar-refractivity contribution in [2.45, 2.75) is 24.7 Å². The lowest BCUT2D eigenvalue weighted by molar-refractivity contribution is -0.140. The third-order valence-corrected chi connectivity index (χ3v) is 2.93. The fraction of sp³-hybridized carbons (Fsp3) is 0.833. The topological polar surface area (TPSA) is 91.7 Å². The number of carboxylic acids is 1. The molecule has 0 saturated heterocycles. The van der Waals surface area contributed by atoms with Crippen LogP contribution in [0.15, 0.2) is 0 Å². The van der Waals surface area contributed by atoms with Gasteiger partial charge in [-0.1, -0.05) is 0 Å². The van der Waals surface area contributed by atoms with Crippen molar-refractivity contribution in [2.75, 3.05) is 6.26 Å². The van der Waals surface area contributed by atoms with Crippen LogP contribution in [0, 0.1) is 0 Å². The van der Waals surface area contributed by atoms with Crippen LogP contribution in [0.4, 0.5) is 0 Å². The van der Waals surface area contributed by atoms with Crippen molar-refractivity contribution in [2.24, 2.45) is 0 Å². The highest BCUT2D eigenvalue weighted by molar-refractivity contribution is 7.92. The van der Waals surface area contributed by atoms with E-state index in [-0.39, 0.29) is 0 Å². The summed E-state index contributed by atoms with van der Waals surface area (Å²) in [5, 5.41) is 16.0. The summed E-state index contributed by atoms with van der Waals surface area (Å²) in [6, 6.07) is 0. The van der Waals surface area contributed by atoms with E-state index in [9.17, 15) is 18.3 Å². The predicted molar refractivity (Wildman–Crippen MR) is 42.6 cm³/mol. The van der Waals surface area contributed by atoms with E-state index in [0.29, 0.717) is 0 Å². The monoisotopic (exact) mass is 196 g/mol. The molecule has 2 N–H and O–H groups in total. The molecule has 0 saturated carbocycles. The minimum atomic E-state index is -3.77. The first-order chi connectivity index (χ1) is 5.07. The molecule has 0 spiro atoms. The van der Waals surface area contributed by atoms with E-state index in [4.69, 9.17) is 5.11 Å². The molecule has 0 rings (SSSR count). The smallest absolute Gasteiger partial charge is 0.324 e. The lowest BCUT2D eigenvalue weighted by Crippen LogP contribution is -2.47. The lowest BCUT2D eigenvalue weighted by Gasteiger charge is -2.23. The van der Waals surface area contributed by atoms with E-state index < -0.39 is 26.7 Å². The molecule has 0 radical (unpaired) electrons. The Labute approximate surface area is 70.9 Å². The van der Waals surface area contributed by atoms with Crippen LogP contribution in [0.5, 0.6) is 0 Å². The van der Waals surface area contributed by atoms with Crippen molar-refractivity contribution >= 4 is 15.8 Å². The van der Waals surface area contributed by atoms with Crippen molar-refractivity contribution in [3.05, 3.63) is 0 Å². The Balaban J connectivity index is 5.11. The van der Waals surface area contributed by atoms with Gasteiger partial charge in [0.2, 0.25) is 0 Å². The molecule has 12 heavy (non-hydrogen) atoms. The zero-order valence-electron chi connectivity index (χ0n) is 7.10. The molecule has 6 heteroatoms. The average molecular weight is 196 g/mol. The molecule has 0 aliphatic heterocycles. The van der Waals surface area contributed by atoms with Crippen molar-refractivity contribution in [1.82, 2.24) is 0 Å². The Hall–Kier alpha value is -0.620. The van der Waals surface area contributed by atoms with Crippen LogP contribution in [-0.4, -0.2) is 41.7 Å². The third kappa shape index (κ3) is 2.78. The van der Waals surface area contributed by atoms with Crippen molar-refractivity contribution in [3.8, 4) is 0 Å². The summed E-state index contributed by atoms with van der Waals surface area (Å²) in [5.41, 5.74) is -1.76. The fourth-order valence-electron chi connectivity index (χ4n) is 1.01. The van der Waals surface area contributed by atoms with Gasteiger partial charge in [-0.05, 0) is 13.8 Å². The van der Waals surface area contributed by atoms with Gasteiger partial charge in [0, 0.05) is 6.26 Å². The number of rotatable bonds is 3. The minimum Gasteiger partial charge on any atom is -0.480 e. The molecule has 0 aromatic carbocycles. The van der Waals surface area contributed by atoms with Crippen molar-refractivity contribution in [3.63, 3.8) is 0 Å². The zero-order valence-corrected chi connectivity index (χ0v) is 7.92. The number of carbonyl (C=O) groups is 1. The van der Waals surface area contributed by atoms with Gasteiger partial charge in [-0.15, -0.1) is 0 Å². The van der Waals surface area contributed by atoms with E-state index in [1.807, 2.05) is 0 Å². The molecular formula is C6H12O5S. The highest BCUT2D eigenvalue weighted by Gasteiger charge is 2.41. The number of aliphatic hydroxyl groups is 1. The highest BCUT2D eigenvalue weighted by atomic mass is 32.2. The molecule has 5 nitrogen and oxygen atoms in total. The molecule has 0 amide bonds. The summed E-state index contributed by atoms with van der Waals surface area (Å²) >= 11 is 0. The normalized spacial score (nSPS) is 15.7. The standard InChI is InChI=1S/C6H12O5S/c1-6(2,9)4(5(7)8)12(3,10)11/h4,9H,1-3H3,(H,7,8). The molecule has 0 heterocycles. The molecule has 0 aromatic rings. The summed E-state index contributed by atoms with van der Waals surface area (Å²) in [5.74, 6) is -1.54. The largest absolute Gasteiger partial charge is 0.480 e. The summed E-state index contributed by atoms with van der Waals surface area (Å²) < 4.78 is 21.8. The Bertz CT molecular complexity index is 271. The molecule has 0 fully saturated rings. The molecule has 1 atom stereocenters. The van der Waals surface area contributed by atoms with Gasteiger partial charge in [0.25, 0.3) is 0 Å². The van der Waals surface area contributed by atoms with E-state index in [0.717, 1.165) is 20.1 Å². The molecule has 0 aromatic heterocycles. The second kappa shape index (κ2) is 3.02. The summed E-state index contributed by atoms with van der Waals surface area (Å²) in [6.45, 7) is 2.29. The van der Waals surface area contributed by atoms with Crippen LogP contribution in [0.3, 0.4) is 0 Å². The van der Waals surface area contributed by atoms with E-state index >= 15 is 0 Å². The Kier molecular flexibility index (Phi) is 2.87. The first kappa shape index (κ1) is 11.4. The molecule has 0 aliphatic carbocycles. The van der Waals surface area contributed by atoms with Crippen molar-refractivity contribution < 1.29 is 23.4 Å². The first-order valence-electron chi connectivity index (χ1n) is 3.21. The molecule has 1 unspecified atom stereocenters. The van der Waals surface area contributed by atoms with Gasteiger partial charge in [-0.2, -0.15) is 0 Å². The maximum absolute atomic E-state index is 10.9. The second-order valence-electron chi connectivity index (χ2n) is 3.20. The number of hydrogen-bond donors (Lipinski definition) is 2. The van der Waals surface area contributed by atoms with Gasteiger partial charge in [-0.3, -0.25) is 4.79 Å². The summed E-state index contributed by atoms with van der Waals surface area (Å²) in [4.78, 5) is 10.5. The Morgan fingerprint density at radius 3 is 1.75 bits per heavy atom. The van der Waals surface area contributed by atoms with Gasteiger partial charge < -0.3 is 10.2 Å². The van der Waals surface area contributed by atoms with Crippen LogP contribution >= 0.6 is 0 Å². The SMILES string of the molecule is CC(C)(O)C(C(=O)O)S(C)(=O)=O. The molecule has 0 aliphatic rings. The van der Waals surface area contributed by atoms with Gasteiger partial charge in [-0.25, -0.2) is 8.42 Å². The minimum absolute atomic E-state index is 0.782. The van der Waals surface area contributed by atoms with E-state index in [2.05, 4.69) is 0 Å². The lowest BCUT2D eigenvalue weighted by atomic mass is 10.1. The number of sulfone groups is 1. The fourth-order valence-corrected chi connectivity index (χ4v) is 2.42. The van der Waals surface area contributed by atoms with Crippen LogP contribution in [0.2, 0.25) is 0 Å². The quantitative estimate of drug-likeness (QED) is 0.620. The summed E-state index contributed by atoms with van der Waals surface area (Å²) in [7, 11) is -3.77. The van der Waals surface area contributed by atoms with E-state index in [1.54, 1.807) is 0 Å². The maximum Gasteiger partial charge on any atom is 0.324 e. The van der Waals surface area contributed by atoms with E-state index in [1.165, 1.54) is 0 Å². The average Bonchev–Trinajstić information content (AvgIpc) is 1.49. The van der Waals surface area contributed by atoms with Crippen LogP contribution in [0.1, 0.15) is 13.8 Å². The van der Waals surface area contributed by atoms with Crippen LogP contribution < -0.4 is 0 Å². The first-order valence-corrected chi connectivity index (χ1v) is 5.16. The number of aliphatic carboxylic acids is 1. The van der Waals surface area contributed by atoms with Crippen LogP contribution in [-0.2, 0) is 14.6 Å². The second-order valence-corrected chi connectivity index (χ2v) is 5.33. The molecular weight excluding hydrogens is 184 g/mol. The maximum atomic E-state index is 10.9. The van der Waals surface area contributed by atoms with Gasteiger partial charge >= 0.3 is 5.97 Å².